The number of benzene rings is 1. The van der Waals surface area contributed by atoms with Crippen molar-refractivity contribution in [3.63, 3.8) is 0 Å². The molecule has 0 fully saturated rings. The average Bonchev–Trinajstić information content (AvgIpc) is 2.36. The molecule has 2 unspecified atom stereocenters. The van der Waals surface area contributed by atoms with Crippen LogP contribution in [0.1, 0.15) is 38.9 Å². The molecule has 0 bridgehead atoms. The normalized spacial score (nSPS) is 14.0. The SMILES string of the molecule is CCC(C)NC(=O)CSc1ccc(C(C)O)cc1. The molecule has 100 valence electrons. The highest BCUT2D eigenvalue weighted by Gasteiger charge is 2.06. The summed E-state index contributed by atoms with van der Waals surface area (Å²) in [4.78, 5) is 12.6. The van der Waals surface area contributed by atoms with E-state index in [0.29, 0.717) is 5.75 Å². The van der Waals surface area contributed by atoms with Gasteiger partial charge in [-0.15, -0.1) is 11.8 Å². The second-order valence-corrected chi connectivity index (χ2v) is 5.46. The van der Waals surface area contributed by atoms with Gasteiger partial charge in [0.25, 0.3) is 0 Å². The number of hydrogen-bond acceptors (Lipinski definition) is 3. The van der Waals surface area contributed by atoms with Crippen molar-refractivity contribution in [3.8, 4) is 0 Å². The third-order valence-electron chi connectivity index (χ3n) is 2.75. The average molecular weight is 267 g/mol. The van der Waals surface area contributed by atoms with Gasteiger partial charge in [-0.2, -0.15) is 0 Å². The summed E-state index contributed by atoms with van der Waals surface area (Å²) in [6.45, 7) is 5.79. The number of aliphatic hydroxyl groups is 1. The molecule has 0 aliphatic rings. The highest BCUT2D eigenvalue weighted by Crippen LogP contribution is 2.20. The van der Waals surface area contributed by atoms with Crippen LogP contribution in [0.2, 0.25) is 0 Å². The fourth-order valence-corrected chi connectivity index (χ4v) is 2.12. The molecule has 0 heterocycles. The molecule has 0 aromatic heterocycles. The molecule has 0 spiro atoms. The van der Waals surface area contributed by atoms with Gasteiger partial charge in [0.05, 0.1) is 11.9 Å². The predicted molar refractivity (Wildman–Crippen MR) is 75.7 cm³/mol. The van der Waals surface area contributed by atoms with E-state index in [2.05, 4.69) is 5.32 Å². The lowest BCUT2D eigenvalue weighted by Crippen LogP contribution is -2.33. The Kier molecular flexibility index (Phi) is 6.22. The van der Waals surface area contributed by atoms with Crippen molar-refractivity contribution in [2.45, 2.75) is 44.2 Å². The minimum atomic E-state index is -0.447. The van der Waals surface area contributed by atoms with Crippen molar-refractivity contribution in [1.29, 1.82) is 0 Å². The summed E-state index contributed by atoms with van der Waals surface area (Å²) in [6.07, 6.45) is 0.497. The Morgan fingerprint density at radius 2 is 1.94 bits per heavy atom. The van der Waals surface area contributed by atoms with Crippen LogP contribution in [-0.2, 0) is 4.79 Å². The first kappa shape index (κ1) is 15.1. The Hall–Kier alpha value is -1.00. The van der Waals surface area contributed by atoms with Crippen LogP contribution in [0.15, 0.2) is 29.2 Å². The minimum absolute atomic E-state index is 0.0638. The van der Waals surface area contributed by atoms with E-state index in [1.165, 1.54) is 11.8 Å². The summed E-state index contributed by atoms with van der Waals surface area (Å²) in [6, 6.07) is 7.88. The van der Waals surface area contributed by atoms with Gasteiger partial charge < -0.3 is 10.4 Å². The summed E-state index contributed by atoms with van der Waals surface area (Å²) < 4.78 is 0. The van der Waals surface area contributed by atoms with Crippen LogP contribution in [0.5, 0.6) is 0 Å². The Morgan fingerprint density at radius 1 is 1.33 bits per heavy atom. The zero-order valence-electron chi connectivity index (χ0n) is 11.1. The first-order valence-electron chi connectivity index (χ1n) is 6.23. The van der Waals surface area contributed by atoms with Crippen LogP contribution in [0, 0.1) is 0 Å². The molecule has 1 aromatic carbocycles. The van der Waals surface area contributed by atoms with Gasteiger partial charge in [0.15, 0.2) is 0 Å². The number of nitrogens with one attached hydrogen (secondary N) is 1. The number of aliphatic hydroxyl groups excluding tert-OH is 1. The number of rotatable bonds is 6. The molecule has 1 amide bonds. The summed E-state index contributed by atoms with van der Waals surface area (Å²) in [5.74, 6) is 0.493. The van der Waals surface area contributed by atoms with E-state index in [0.717, 1.165) is 16.9 Å². The van der Waals surface area contributed by atoms with Crippen LogP contribution < -0.4 is 5.32 Å². The van der Waals surface area contributed by atoms with Gasteiger partial charge in [-0.3, -0.25) is 4.79 Å². The van der Waals surface area contributed by atoms with Crippen LogP contribution in [0.3, 0.4) is 0 Å². The number of amides is 1. The molecule has 2 N–H and O–H groups in total. The molecule has 2 atom stereocenters. The standard InChI is InChI=1S/C14H21NO2S/c1-4-10(2)15-14(17)9-18-13-7-5-12(6-8-13)11(3)16/h5-8,10-11,16H,4,9H2,1-3H3,(H,15,17). The monoisotopic (exact) mass is 267 g/mol. The van der Waals surface area contributed by atoms with Crippen molar-refractivity contribution in [2.24, 2.45) is 0 Å². The third kappa shape index (κ3) is 5.10. The van der Waals surface area contributed by atoms with Crippen molar-refractivity contribution in [1.82, 2.24) is 5.32 Å². The van der Waals surface area contributed by atoms with Gasteiger partial charge in [-0.1, -0.05) is 19.1 Å². The molecule has 0 saturated carbocycles. The molecule has 0 radical (unpaired) electrons. The van der Waals surface area contributed by atoms with E-state index >= 15 is 0 Å². The predicted octanol–water partition coefficient (Wildman–Crippen LogP) is 2.75. The van der Waals surface area contributed by atoms with E-state index in [4.69, 9.17) is 0 Å². The Balaban J connectivity index is 2.41. The lowest BCUT2D eigenvalue weighted by molar-refractivity contribution is -0.119. The number of carbonyl (C=O) groups is 1. The molecule has 0 saturated heterocycles. The Bertz CT molecular complexity index is 376. The van der Waals surface area contributed by atoms with Crippen LogP contribution in [-0.4, -0.2) is 22.8 Å². The van der Waals surface area contributed by atoms with Gasteiger partial charge >= 0.3 is 0 Å². The fraction of sp³-hybridized carbons (Fsp3) is 0.500. The number of thioether (sulfide) groups is 1. The van der Waals surface area contributed by atoms with Crippen molar-refractivity contribution >= 4 is 17.7 Å². The van der Waals surface area contributed by atoms with Crippen LogP contribution >= 0.6 is 11.8 Å². The summed E-state index contributed by atoms with van der Waals surface area (Å²) in [5.41, 5.74) is 0.892. The smallest absolute Gasteiger partial charge is 0.230 e. The highest BCUT2D eigenvalue weighted by molar-refractivity contribution is 8.00. The van der Waals surface area contributed by atoms with Gasteiger partial charge in [0.1, 0.15) is 0 Å². The van der Waals surface area contributed by atoms with E-state index in [9.17, 15) is 9.90 Å². The molecular formula is C14H21NO2S. The zero-order chi connectivity index (χ0) is 13.5. The second kappa shape index (κ2) is 7.44. The lowest BCUT2D eigenvalue weighted by Gasteiger charge is -2.11. The molecule has 1 aromatic rings. The van der Waals surface area contributed by atoms with E-state index < -0.39 is 6.10 Å². The first-order chi connectivity index (χ1) is 8.52. The maximum atomic E-state index is 11.6. The second-order valence-electron chi connectivity index (χ2n) is 4.41. The molecule has 1 rings (SSSR count). The van der Waals surface area contributed by atoms with Gasteiger partial charge in [0, 0.05) is 10.9 Å². The maximum absolute atomic E-state index is 11.6. The van der Waals surface area contributed by atoms with Crippen molar-refractivity contribution in [3.05, 3.63) is 29.8 Å². The zero-order valence-corrected chi connectivity index (χ0v) is 12.0. The summed E-state index contributed by atoms with van der Waals surface area (Å²) in [5, 5.41) is 12.3. The molecule has 0 aliphatic heterocycles. The molecular weight excluding hydrogens is 246 g/mol. The highest BCUT2D eigenvalue weighted by atomic mass is 32.2. The number of hydrogen-bond donors (Lipinski definition) is 2. The van der Waals surface area contributed by atoms with Crippen molar-refractivity contribution in [2.75, 3.05) is 5.75 Å². The Labute approximate surface area is 113 Å². The minimum Gasteiger partial charge on any atom is -0.389 e. The van der Waals surface area contributed by atoms with Crippen molar-refractivity contribution < 1.29 is 9.90 Å². The largest absolute Gasteiger partial charge is 0.389 e. The quantitative estimate of drug-likeness (QED) is 0.779. The van der Waals surface area contributed by atoms with E-state index in [1.54, 1.807) is 6.92 Å². The number of carbonyl (C=O) groups excluding carboxylic acids is 1. The van der Waals surface area contributed by atoms with Gasteiger partial charge in [-0.05, 0) is 38.0 Å². The van der Waals surface area contributed by atoms with E-state index in [1.807, 2.05) is 38.1 Å². The van der Waals surface area contributed by atoms with Gasteiger partial charge in [-0.25, -0.2) is 0 Å². The maximum Gasteiger partial charge on any atom is 0.230 e. The summed E-state index contributed by atoms with van der Waals surface area (Å²) >= 11 is 1.51. The molecule has 18 heavy (non-hydrogen) atoms. The molecule has 4 heteroatoms. The molecule has 0 aliphatic carbocycles. The van der Waals surface area contributed by atoms with Crippen LogP contribution in [0.25, 0.3) is 0 Å². The molecule has 3 nitrogen and oxygen atoms in total. The third-order valence-corrected chi connectivity index (χ3v) is 3.76. The van der Waals surface area contributed by atoms with Gasteiger partial charge in [0.2, 0.25) is 5.91 Å². The lowest BCUT2D eigenvalue weighted by atomic mass is 10.1. The fourth-order valence-electron chi connectivity index (χ4n) is 1.41. The topological polar surface area (TPSA) is 49.3 Å². The van der Waals surface area contributed by atoms with Crippen LogP contribution in [0.4, 0.5) is 0 Å². The Morgan fingerprint density at radius 3 is 2.44 bits per heavy atom. The first-order valence-corrected chi connectivity index (χ1v) is 7.21. The van der Waals surface area contributed by atoms with E-state index in [-0.39, 0.29) is 11.9 Å². The summed E-state index contributed by atoms with van der Waals surface area (Å²) in [7, 11) is 0.